The largest absolute Gasteiger partial charge is 0.444 e. The molecule has 2 aromatic rings. The molecule has 246 valence electrons. The number of ether oxygens (including phenoxy) is 1. The molecule has 0 bridgehead atoms. The second-order valence-electron chi connectivity index (χ2n) is 12.2. The fourth-order valence-corrected chi connectivity index (χ4v) is 9.12. The Morgan fingerprint density at radius 2 is 1.83 bits per heavy atom. The number of halogens is 2. The number of amides is 4. The normalized spacial score (nSPS) is 27.4. The Kier molecular flexibility index (Phi) is 9.39. The van der Waals surface area contributed by atoms with E-state index in [1.807, 2.05) is 24.3 Å². The standard InChI is InChI=1S/C31H34Cl2N4O7S2/c32-22-10-9-19-16-36(17-20(19)13-22)30(41)44-23-14-24-28(39)34-31(29(40)35-46(42,43)27-12-11-25(33)45-27)15-21(31)7-5-3-1-2-4-6-8-26(38)37(24)18-23/h5,7,9-13,21,23-24H,1-4,6,8,14-18H2,(H,34,39)(H,35,40)/b7-5-/t21-,23-,24+,31-/m1/s1. The maximum absolute atomic E-state index is 13.9. The highest BCUT2D eigenvalue weighted by atomic mass is 35.5. The van der Waals surface area contributed by atoms with Crippen molar-refractivity contribution in [3.63, 3.8) is 0 Å². The molecule has 11 nitrogen and oxygen atoms in total. The van der Waals surface area contributed by atoms with Crippen molar-refractivity contribution in [1.29, 1.82) is 0 Å². The third kappa shape index (κ3) is 6.92. The van der Waals surface area contributed by atoms with Gasteiger partial charge in [-0.05, 0) is 61.1 Å². The molecule has 4 atom stereocenters. The third-order valence-corrected chi connectivity index (χ3v) is 12.3. The molecule has 4 heterocycles. The summed E-state index contributed by atoms with van der Waals surface area (Å²) in [6.45, 7) is 0.726. The van der Waals surface area contributed by atoms with Gasteiger partial charge >= 0.3 is 6.09 Å². The summed E-state index contributed by atoms with van der Waals surface area (Å²) in [7, 11) is -4.24. The number of carbonyl (C=O) groups is 4. The van der Waals surface area contributed by atoms with Crippen LogP contribution in [0.1, 0.15) is 62.5 Å². The predicted molar refractivity (Wildman–Crippen MR) is 172 cm³/mol. The maximum Gasteiger partial charge on any atom is 0.410 e. The monoisotopic (exact) mass is 708 g/mol. The van der Waals surface area contributed by atoms with E-state index in [9.17, 15) is 27.6 Å². The quantitative estimate of drug-likeness (QED) is 0.436. The van der Waals surface area contributed by atoms with Crippen molar-refractivity contribution in [2.45, 2.75) is 86.3 Å². The van der Waals surface area contributed by atoms with Crippen molar-refractivity contribution >= 4 is 68.4 Å². The number of hydrogen-bond donors (Lipinski definition) is 2. The van der Waals surface area contributed by atoms with E-state index in [2.05, 4.69) is 10.0 Å². The van der Waals surface area contributed by atoms with Crippen molar-refractivity contribution in [3.8, 4) is 0 Å². The van der Waals surface area contributed by atoms with Crippen LogP contribution in [0.3, 0.4) is 0 Å². The first-order valence-electron chi connectivity index (χ1n) is 15.3. The van der Waals surface area contributed by atoms with Gasteiger partial charge in [-0.2, -0.15) is 0 Å². The number of sulfonamides is 1. The molecule has 1 saturated heterocycles. The van der Waals surface area contributed by atoms with Gasteiger partial charge in [0.1, 0.15) is 21.9 Å². The van der Waals surface area contributed by atoms with Gasteiger partial charge in [-0.15, -0.1) is 11.3 Å². The Labute approximate surface area is 281 Å². The number of fused-ring (bicyclic) bond motifs is 3. The molecule has 1 aromatic carbocycles. The Hall–Kier alpha value is -3.13. The minimum Gasteiger partial charge on any atom is -0.444 e. The number of rotatable bonds is 4. The van der Waals surface area contributed by atoms with Gasteiger partial charge in [-0.1, -0.05) is 54.3 Å². The molecule has 0 spiro atoms. The minimum atomic E-state index is -4.24. The molecule has 2 fully saturated rings. The lowest BCUT2D eigenvalue weighted by atomic mass is 10.1. The van der Waals surface area contributed by atoms with E-state index >= 15 is 0 Å². The molecule has 3 aliphatic heterocycles. The average molecular weight is 710 g/mol. The highest BCUT2D eigenvalue weighted by Gasteiger charge is 2.61. The van der Waals surface area contributed by atoms with Crippen molar-refractivity contribution < 1.29 is 32.3 Å². The number of nitrogens with zero attached hydrogens (tertiary/aromatic N) is 2. The third-order valence-electron chi connectivity index (χ3n) is 8.99. The van der Waals surface area contributed by atoms with Crippen LogP contribution < -0.4 is 10.0 Å². The fraction of sp³-hybridized carbons (Fsp3) is 0.484. The van der Waals surface area contributed by atoms with Crippen LogP contribution in [0, 0.1) is 5.92 Å². The van der Waals surface area contributed by atoms with Gasteiger partial charge in [0.25, 0.3) is 15.9 Å². The smallest absolute Gasteiger partial charge is 0.410 e. The SMILES string of the molecule is O=C1N[C@]2(C(=O)NS(=O)(=O)c3ccc(Cl)s3)C[C@H]2/C=C\CCCCCCC(=O)N2C[C@H](OC(=O)N3Cc4ccc(Cl)cc4C3)C[C@@H]12. The molecular weight excluding hydrogens is 675 g/mol. The number of benzene rings is 1. The van der Waals surface area contributed by atoms with Gasteiger partial charge in [0.15, 0.2) is 0 Å². The van der Waals surface area contributed by atoms with E-state index in [-0.39, 0.29) is 40.3 Å². The van der Waals surface area contributed by atoms with Gasteiger partial charge in [0, 0.05) is 36.9 Å². The fourth-order valence-electron chi connectivity index (χ4n) is 6.40. The predicted octanol–water partition coefficient (Wildman–Crippen LogP) is 4.77. The van der Waals surface area contributed by atoms with Gasteiger partial charge in [0.2, 0.25) is 11.8 Å². The van der Waals surface area contributed by atoms with Crippen LogP contribution in [0.4, 0.5) is 4.79 Å². The molecule has 0 unspecified atom stereocenters. The summed E-state index contributed by atoms with van der Waals surface area (Å²) in [5.41, 5.74) is 0.378. The lowest BCUT2D eigenvalue weighted by Crippen LogP contribution is -2.56. The van der Waals surface area contributed by atoms with E-state index in [0.29, 0.717) is 24.5 Å². The molecule has 46 heavy (non-hydrogen) atoms. The topological polar surface area (TPSA) is 142 Å². The van der Waals surface area contributed by atoms with Gasteiger partial charge in [-0.3, -0.25) is 19.3 Å². The Bertz CT molecular complexity index is 1700. The molecular formula is C31H34Cl2N4O7S2. The molecule has 1 saturated carbocycles. The van der Waals surface area contributed by atoms with Crippen molar-refractivity contribution in [2.24, 2.45) is 5.92 Å². The highest BCUT2D eigenvalue weighted by Crippen LogP contribution is 2.46. The lowest BCUT2D eigenvalue weighted by molar-refractivity contribution is -0.139. The van der Waals surface area contributed by atoms with Crippen molar-refractivity contribution in [3.05, 3.63) is 63.0 Å². The second kappa shape index (κ2) is 13.2. The molecule has 1 aromatic heterocycles. The molecule has 15 heteroatoms. The zero-order chi connectivity index (χ0) is 32.6. The zero-order valence-corrected chi connectivity index (χ0v) is 28.0. The minimum absolute atomic E-state index is 0.0331. The average Bonchev–Trinajstić information content (AvgIpc) is 3.37. The van der Waals surface area contributed by atoms with Crippen molar-refractivity contribution in [2.75, 3.05) is 6.54 Å². The summed E-state index contributed by atoms with van der Waals surface area (Å²) in [4.78, 5) is 57.0. The molecule has 6 rings (SSSR count). The van der Waals surface area contributed by atoms with Crippen LogP contribution in [0.5, 0.6) is 0 Å². The van der Waals surface area contributed by atoms with Gasteiger partial charge in [-0.25, -0.2) is 17.9 Å². The highest BCUT2D eigenvalue weighted by molar-refractivity contribution is 7.92. The van der Waals surface area contributed by atoms with Crippen LogP contribution in [0.15, 0.2) is 46.7 Å². The summed E-state index contributed by atoms with van der Waals surface area (Å²) in [6.07, 6.45) is 7.04. The number of hydrogen-bond acceptors (Lipinski definition) is 8. The second-order valence-corrected chi connectivity index (χ2v) is 16.3. The Balaban J connectivity index is 1.19. The van der Waals surface area contributed by atoms with Crippen LogP contribution in [-0.2, 0) is 42.2 Å². The molecule has 4 aliphatic rings. The summed E-state index contributed by atoms with van der Waals surface area (Å²) >= 11 is 12.8. The Morgan fingerprint density at radius 1 is 1.04 bits per heavy atom. The Morgan fingerprint density at radius 3 is 2.61 bits per heavy atom. The number of allylic oxidation sites excluding steroid dienone is 1. The first kappa shape index (κ1) is 32.8. The molecule has 1 aliphatic carbocycles. The summed E-state index contributed by atoms with van der Waals surface area (Å²) in [6, 6.07) is 7.17. The molecule has 2 N–H and O–H groups in total. The van der Waals surface area contributed by atoms with E-state index in [1.165, 1.54) is 17.0 Å². The maximum atomic E-state index is 13.9. The number of nitrogens with one attached hydrogen (secondary N) is 2. The van der Waals surface area contributed by atoms with Crippen LogP contribution in [0.25, 0.3) is 0 Å². The number of thiophene rings is 1. The summed E-state index contributed by atoms with van der Waals surface area (Å²) < 4.78 is 34.0. The first-order chi connectivity index (χ1) is 21.9. The lowest BCUT2D eigenvalue weighted by Gasteiger charge is -2.26. The zero-order valence-electron chi connectivity index (χ0n) is 24.9. The van der Waals surface area contributed by atoms with E-state index in [1.54, 1.807) is 11.0 Å². The van der Waals surface area contributed by atoms with E-state index in [0.717, 1.165) is 48.1 Å². The molecule has 0 radical (unpaired) electrons. The van der Waals surface area contributed by atoms with E-state index < -0.39 is 51.5 Å². The van der Waals surface area contributed by atoms with E-state index in [4.69, 9.17) is 27.9 Å². The van der Waals surface area contributed by atoms with Crippen molar-refractivity contribution in [1.82, 2.24) is 19.8 Å². The van der Waals surface area contributed by atoms with Gasteiger partial charge in [0.05, 0.1) is 10.9 Å². The van der Waals surface area contributed by atoms with Crippen LogP contribution in [0.2, 0.25) is 9.36 Å². The number of carbonyl (C=O) groups excluding carboxylic acids is 4. The first-order valence-corrected chi connectivity index (χ1v) is 18.3. The summed E-state index contributed by atoms with van der Waals surface area (Å²) in [5, 5.41) is 3.38. The van der Waals surface area contributed by atoms with Gasteiger partial charge < -0.3 is 15.0 Å². The summed E-state index contributed by atoms with van der Waals surface area (Å²) in [5.74, 6) is -2.14. The van der Waals surface area contributed by atoms with Crippen LogP contribution in [-0.4, -0.2) is 66.3 Å². The van der Waals surface area contributed by atoms with Crippen LogP contribution >= 0.6 is 34.5 Å². The molecule has 4 amide bonds.